The number of carbonyl (C=O) groups excluding carboxylic acids is 1. The van der Waals surface area contributed by atoms with Gasteiger partial charge in [0.05, 0.1) is 6.61 Å². The first-order valence-electron chi connectivity index (χ1n) is 8.49. The van der Waals surface area contributed by atoms with E-state index in [0.717, 1.165) is 31.5 Å². The summed E-state index contributed by atoms with van der Waals surface area (Å²) in [5.74, 6) is 1.86. The van der Waals surface area contributed by atoms with Crippen LogP contribution in [0.15, 0.2) is 24.3 Å². The van der Waals surface area contributed by atoms with E-state index >= 15 is 0 Å². The molecule has 3 N–H and O–H groups in total. The normalized spacial score (nSPS) is 16.1. The molecule has 6 heteroatoms. The van der Waals surface area contributed by atoms with Gasteiger partial charge in [0.15, 0.2) is 0 Å². The zero-order chi connectivity index (χ0) is 16.5. The summed E-state index contributed by atoms with van der Waals surface area (Å²) in [5.41, 5.74) is 0.934. The van der Waals surface area contributed by atoms with Gasteiger partial charge in [0.2, 0.25) is 5.91 Å². The molecule has 1 amide bonds. The molecule has 0 bridgehead atoms. The average Bonchev–Trinajstić information content (AvgIpc) is 2.59. The van der Waals surface area contributed by atoms with Gasteiger partial charge < -0.3 is 20.5 Å². The van der Waals surface area contributed by atoms with Gasteiger partial charge in [-0.3, -0.25) is 4.79 Å². The van der Waals surface area contributed by atoms with Gasteiger partial charge in [-0.15, -0.1) is 12.4 Å². The van der Waals surface area contributed by atoms with Crippen LogP contribution in [-0.2, 0) is 11.3 Å². The second-order valence-corrected chi connectivity index (χ2v) is 6.23. The second-order valence-electron chi connectivity index (χ2n) is 6.23. The molecule has 1 aromatic rings. The Balaban J connectivity index is 0.00000288. The molecule has 1 heterocycles. The Labute approximate surface area is 150 Å². The number of hydrogen-bond donors (Lipinski definition) is 3. The summed E-state index contributed by atoms with van der Waals surface area (Å²) in [6, 6.07) is 7.60. The molecular weight excluding hydrogens is 328 g/mol. The van der Waals surface area contributed by atoms with Crippen LogP contribution in [0, 0.1) is 11.8 Å². The fourth-order valence-electron chi connectivity index (χ4n) is 3.08. The van der Waals surface area contributed by atoms with E-state index in [4.69, 9.17) is 9.84 Å². The Morgan fingerprint density at radius 3 is 2.79 bits per heavy atom. The molecule has 1 aliphatic heterocycles. The summed E-state index contributed by atoms with van der Waals surface area (Å²) in [4.78, 5) is 12.2. The van der Waals surface area contributed by atoms with Gasteiger partial charge >= 0.3 is 0 Å². The van der Waals surface area contributed by atoms with Crippen LogP contribution in [0.5, 0.6) is 5.75 Å². The van der Waals surface area contributed by atoms with Crippen molar-refractivity contribution in [1.82, 2.24) is 10.6 Å². The fraction of sp³-hybridized carbons (Fsp3) is 0.611. The highest BCUT2D eigenvalue weighted by atomic mass is 35.5. The van der Waals surface area contributed by atoms with Crippen LogP contribution in [0.25, 0.3) is 0 Å². The molecule has 1 aromatic carbocycles. The Morgan fingerprint density at radius 1 is 1.38 bits per heavy atom. The van der Waals surface area contributed by atoms with Crippen molar-refractivity contribution in [2.45, 2.75) is 32.7 Å². The summed E-state index contributed by atoms with van der Waals surface area (Å²) < 4.78 is 5.49. The number of para-hydroxylation sites is 1. The minimum Gasteiger partial charge on any atom is -0.491 e. The van der Waals surface area contributed by atoms with Gasteiger partial charge in [-0.2, -0.15) is 0 Å². The van der Waals surface area contributed by atoms with E-state index in [9.17, 15) is 4.79 Å². The number of hydrogen-bond acceptors (Lipinski definition) is 4. The lowest BCUT2D eigenvalue weighted by Crippen LogP contribution is -2.33. The molecule has 1 unspecified atom stereocenters. The number of ether oxygens (including phenoxy) is 1. The quantitative estimate of drug-likeness (QED) is 0.667. The summed E-state index contributed by atoms with van der Waals surface area (Å²) in [6.07, 6.45) is 2.89. The van der Waals surface area contributed by atoms with Crippen LogP contribution in [0.2, 0.25) is 0 Å². The number of aliphatic hydroxyl groups excluding tert-OH is 1. The molecule has 1 aliphatic rings. The molecule has 2 rings (SSSR count). The maximum atomic E-state index is 12.2. The van der Waals surface area contributed by atoms with Crippen molar-refractivity contribution < 1.29 is 14.6 Å². The smallest absolute Gasteiger partial charge is 0.220 e. The number of benzene rings is 1. The first-order valence-corrected chi connectivity index (χ1v) is 8.49. The monoisotopic (exact) mass is 356 g/mol. The van der Waals surface area contributed by atoms with Crippen LogP contribution in [-0.4, -0.2) is 37.3 Å². The predicted molar refractivity (Wildman–Crippen MR) is 97.5 cm³/mol. The van der Waals surface area contributed by atoms with Gasteiger partial charge in [-0.1, -0.05) is 25.1 Å². The molecule has 0 radical (unpaired) electrons. The van der Waals surface area contributed by atoms with Crippen molar-refractivity contribution in [3.8, 4) is 5.75 Å². The molecule has 24 heavy (non-hydrogen) atoms. The third-order valence-corrected chi connectivity index (χ3v) is 4.49. The second kappa shape index (κ2) is 11.3. The van der Waals surface area contributed by atoms with Crippen molar-refractivity contribution in [1.29, 1.82) is 0 Å². The van der Waals surface area contributed by atoms with E-state index in [1.807, 2.05) is 24.3 Å². The van der Waals surface area contributed by atoms with E-state index in [-0.39, 0.29) is 31.5 Å². The number of rotatable bonds is 8. The molecule has 0 aromatic heterocycles. The van der Waals surface area contributed by atoms with E-state index < -0.39 is 0 Å². The maximum Gasteiger partial charge on any atom is 0.220 e. The molecule has 136 valence electrons. The lowest BCUT2D eigenvalue weighted by Gasteiger charge is -2.27. The van der Waals surface area contributed by atoms with Gasteiger partial charge in [-0.25, -0.2) is 0 Å². The number of halogens is 1. The SMILES string of the molecule is CC(CC(=O)NCc1ccccc1OCCO)C1CCNCC1.Cl. The van der Waals surface area contributed by atoms with Gasteiger partial charge in [0, 0.05) is 18.5 Å². The number of aliphatic hydroxyl groups is 1. The van der Waals surface area contributed by atoms with Crippen molar-refractivity contribution in [3.05, 3.63) is 29.8 Å². The fourth-order valence-corrected chi connectivity index (χ4v) is 3.08. The number of piperidine rings is 1. The highest BCUT2D eigenvalue weighted by Crippen LogP contribution is 2.24. The van der Waals surface area contributed by atoms with Gasteiger partial charge in [0.1, 0.15) is 12.4 Å². The summed E-state index contributed by atoms with van der Waals surface area (Å²) >= 11 is 0. The first kappa shape index (κ1) is 20.7. The van der Waals surface area contributed by atoms with Crippen LogP contribution in [0.1, 0.15) is 31.7 Å². The summed E-state index contributed by atoms with van der Waals surface area (Å²) in [5, 5.41) is 15.2. The lowest BCUT2D eigenvalue weighted by molar-refractivity contribution is -0.122. The Morgan fingerprint density at radius 2 is 2.08 bits per heavy atom. The Hall–Kier alpha value is -1.30. The molecule has 1 saturated heterocycles. The van der Waals surface area contributed by atoms with Crippen LogP contribution in [0.3, 0.4) is 0 Å². The largest absolute Gasteiger partial charge is 0.491 e. The molecule has 0 spiro atoms. The van der Waals surface area contributed by atoms with Crippen LogP contribution >= 0.6 is 12.4 Å². The molecule has 1 atom stereocenters. The van der Waals surface area contributed by atoms with E-state index in [2.05, 4.69) is 17.6 Å². The minimum atomic E-state index is -0.0194. The summed E-state index contributed by atoms with van der Waals surface area (Å²) in [7, 11) is 0. The van der Waals surface area contributed by atoms with Crippen molar-refractivity contribution in [2.24, 2.45) is 11.8 Å². The highest BCUT2D eigenvalue weighted by molar-refractivity contribution is 5.85. The standard InChI is InChI=1S/C18H28N2O3.ClH/c1-14(15-6-8-19-9-7-15)12-18(22)20-13-16-4-2-3-5-17(16)23-11-10-21;/h2-5,14-15,19,21H,6-13H2,1H3,(H,20,22);1H. The van der Waals surface area contributed by atoms with Crippen molar-refractivity contribution >= 4 is 18.3 Å². The molecule has 5 nitrogen and oxygen atoms in total. The highest BCUT2D eigenvalue weighted by Gasteiger charge is 2.21. The topological polar surface area (TPSA) is 70.6 Å². The van der Waals surface area contributed by atoms with E-state index in [0.29, 0.717) is 30.6 Å². The Kier molecular flexibility index (Phi) is 9.76. The zero-order valence-electron chi connectivity index (χ0n) is 14.3. The predicted octanol–water partition coefficient (Wildman–Crippen LogP) is 2.12. The zero-order valence-corrected chi connectivity index (χ0v) is 15.1. The number of carbonyl (C=O) groups is 1. The number of amides is 1. The Bertz CT molecular complexity index is 493. The minimum absolute atomic E-state index is 0. The third-order valence-electron chi connectivity index (χ3n) is 4.49. The van der Waals surface area contributed by atoms with Gasteiger partial charge in [0.25, 0.3) is 0 Å². The van der Waals surface area contributed by atoms with Crippen LogP contribution < -0.4 is 15.4 Å². The third kappa shape index (κ3) is 6.67. The molecule has 0 saturated carbocycles. The van der Waals surface area contributed by atoms with E-state index in [1.165, 1.54) is 0 Å². The average molecular weight is 357 g/mol. The molecule has 1 fully saturated rings. The summed E-state index contributed by atoms with van der Waals surface area (Å²) in [6.45, 7) is 5.00. The first-order chi connectivity index (χ1) is 11.2. The van der Waals surface area contributed by atoms with Crippen molar-refractivity contribution in [2.75, 3.05) is 26.3 Å². The lowest BCUT2D eigenvalue weighted by atomic mass is 9.84. The number of nitrogens with one attached hydrogen (secondary N) is 2. The molecule has 0 aliphatic carbocycles. The van der Waals surface area contributed by atoms with Gasteiger partial charge in [-0.05, 0) is 43.8 Å². The van der Waals surface area contributed by atoms with Crippen LogP contribution in [0.4, 0.5) is 0 Å². The van der Waals surface area contributed by atoms with E-state index in [1.54, 1.807) is 0 Å². The van der Waals surface area contributed by atoms with Crippen molar-refractivity contribution in [3.63, 3.8) is 0 Å². The molecular formula is C18H29ClN2O3. The maximum absolute atomic E-state index is 12.2.